The van der Waals surface area contributed by atoms with Crippen molar-refractivity contribution in [1.29, 1.82) is 0 Å². The fourth-order valence-corrected chi connectivity index (χ4v) is 1.42. The highest BCUT2D eigenvalue weighted by Crippen LogP contribution is 2.20. The van der Waals surface area contributed by atoms with Gasteiger partial charge in [-0.15, -0.1) is 6.58 Å². The van der Waals surface area contributed by atoms with E-state index >= 15 is 0 Å². The summed E-state index contributed by atoms with van der Waals surface area (Å²) in [6, 6.07) is 11.2. The topological polar surface area (TPSA) is 3.01 Å². The molecule has 1 nitrogen and oxygen atoms in total. The maximum absolute atomic E-state index is 3.77. The smallest absolute Gasteiger partial charge is 0.0407 e. The zero-order chi connectivity index (χ0) is 8.39. The normalized spacial score (nSPS) is 26.7. The molecule has 1 aromatic carbocycles. The Morgan fingerprint density at radius 1 is 1.42 bits per heavy atom. The van der Waals surface area contributed by atoms with Gasteiger partial charge in [-0.05, 0) is 5.56 Å². The standard InChI is InChI=1S/C11H13N/c1-2-11-9-12(11)8-10-6-4-3-5-7-10/h2-7,11H,1,8-9H2/t11-,12?/m1/s1. The molecule has 0 aliphatic carbocycles. The van der Waals surface area contributed by atoms with Gasteiger partial charge in [-0.3, -0.25) is 4.90 Å². The summed E-state index contributed by atoms with van der Waals surface area (Å²) < 4.78 is 0. The molecule has 0 saturated carbocycles. The molecule has 1 aliphatic rings. The summed E-state index contributed by atoms with van der Waals surface area (Å²) in [7, 11) is 0. The molecule has 0 amide bonds. The third kappa shape index (κ3) is 1.56. The second kappa shape index (κ2) is 3.11. The van der Waals surface area contributed by atoms with Crippen LogP contribution in [0.15, 0.2) is 43.0 Å². The van der Waals surface area contributed by atoms with E-state index < -0.39 is 0 Å². The summed E-state index contributed by atoms with van der Waals surface area (Å²) >= 11 is 0. The maximum atomic E-state index is 3.77. The second-order valence-corrected chi connectivity index (χ2v) is 3.22. The van der Waals surface area contributed by atoms with E-state index in [0.29, 0.717) is 6.04 Å². The minimum absolute atomic E-state index is 0.630. The minimum atomic E-state index is 0.630. The lowest BCUT2D eigenvalue weighted by Gasteiger charge is -2.00. The summed E-state index contributed by atoms with van der Waals surface area (Å²) in [6.07, 6.45) is 2.02. The largest absolute Gasteiger partial charge is 0.290 e. The second-order valence-electron chi connectivity index (χ2n) is 3.22. The van der Waals surface area contributed by atoms with Gasteiger partial charge in [0.15, 0.2) is 0 Å². The number of benzene rings is 1. The van der Waals surface area contributed by atoms with Crippen molar-refractivity contribution >= 4 is 0 Å². The van der Waals surface area contributed by atoms with Gasteiger partial charge in [-0.2, -0.15) is 0 Å². The maximum Gasteiger partial charge on any atom is 0.0407 e. The molecule has 12 heavy (non-hydrogen) atoms. The Bertz CT molecular complexity index is 266. The number of hydrogen-bond acceptors (Lipinski definition) is 1. The molecule has 1 fully saturated rings. The molecule has 1 heteroatoms. The Hall–Kier alpha value is -1.08. The lowest BCUT2D eigenvalue weighted by atomic mass is 10.2. The fraction of sp³-hybridized carbons (Fsp3) is 0.273. The van der Waals surface area contributed by atoms with Gasteiger partial charge in [0.05, 0.1) is 0 Å². The molecule has 1 saturated heterocycles. The van der Waals surface area contributed by atoms with Gasteiger partial charge in [0.2, 0.25) is 0 Å². The number of rotatable bonds is 3. The molecule has 0 spiro atoms. The van der Waals surface area contributed by atoms with Crippen molar-refractivity contribution in [2.75, 3.05) is 6.54 Å². The predicted octanol–water partition coefficient (Wildman–Crippen LogP) is 2.06. The molecule has 1 heterocycles. The van der Waals surface area contributed by atoms with Crippen LogP contribution >= 0.6 is 0 Å². The number of nitrogens with zero attached hydrogens (tertiary/aromatic N) is 1. The van der Waals surface area contributed by atoms with Crippen LogP contribution in [-0.2, 0) is 6.54 Å². The minimum Gasteiger partial charge on any atom is -0.290 e. The Kier molecular flexibility index (Phi) is 1.96. The van der Waals surface area contributed by atoms with Crippen LogP contribution in [0.2, 0.25) is 0 Å². The van der Waals surface area contributed by atoms with E-state index in [1.54, 1.807) is 0 Å². The van der Waals surface area contributed by atoms with Crippen LogP contribution in [0.25, 0.3) is 0 Å². The number of hydrogen-bond donors (Lipinski definition) is 0. The molecule has 0 bridgehead atoms. The van der Waals surface area contributed by atoms with Gasteiger partial charge < -0.3 is 0 Å². The van der Waals surface area contributed by atoms with Crippen LogP contribution in [0.1, 0.15) is 5.56 Å². The molecule has 2 atom stereocenters. The summed E-state index contributed by atoms with van der Waals surface area (Å²) in [6.45, 7) is 6.02. The summed E-state index contributed by atoms with van der Waals surface area (Å²) in [4.78, 5) is 2.39. The summed E-state index contributed by atoms with van der Waals surface area (Å²) in [5.74, 6) is 0. The van der Waals surface area contributed by atoms with Gasteiger partial charge in [0.25, 0.3) is 0 Å². The van der Waals surface area contributed by atoms with E-state index in [4.69, 9.17) is 0 Å². The van der Waals surface area contributed by atoms with Crippen LogP contribution in [0.4, 0.5) is 0 Å². The van der Waals surface area contributed by atoms with Gasteiger partial charge >= 0.3 is 0 Å². The Morgan fingerprint density at radius 2 is 2.17 bits per heavy atom. The highest BCUT2D eigenvalue weighted by Gasteiger charge is 2.29. The average molecular weight is 159 g/mol. The van der Waals surface area contributed by atoms with Gasteiger partial charge in [-0.25, -0.2) is 0 Å². The van der Waals surface area contributed by atoms with E-state index in [1.807, 2.05) is 6.08 Å². The van der Waals surface area contributed by atoms with Crippen molar-refractivity contribution in [3.8, 4) is 0 Å². The monoisotopic (exact) mass is 159 g/mol. The quantitative estimate of drug-likeness (QED) is 0.482. The van der Waals surface area contributed by atoms with Gasteiger partial charge in [0, 0.05) is 19.1 Å². The Labute approximate surface area is 73.3 Å². The molecule has 0 N–H and O–H groups in total. The molecule has 1 aromatic rings. The Morgan fingerprint density at radius 3 is 2.75 bits per heavy atom. The molecule has 0 radical (unpaired) electrons. The average Bonchev–Trinajstić information content (AvgIpc) is 2.85. The summed E-state index contributed by atoms with van der Waals surface area (Å²) in [5, 5.41) is 0. The zero-order valence-corrected chi connectivity index (χ0v) is 7.11. The van der Waals surface area contributed by atoms with Gasteiger partial charge in [-0.1, -0.05) is 36.4 Å². The zero-order valence-electron chi connectivity index (χ0n) is 7.11. The molecule has 2 rings (SSSR count). The highest BCUT2D eigenvalue weighted by atomic mass is 15.3. The Balaban J connectivity index is 1.93. The van der Waals surface area contributed by atoms with Crippen molar-refractivity contribution in [2.24, 2.45) is 0 Å². The van der Waals surface area contributed by atoms with Crippen LogP contribution < -0.4 is 0 Å². The molecular formula is C11H13N. The molecule has 1 unspecified atom stereocenters. The molecular weight excluding hydrogens is 146 g/mol. The van der Waals surface area contributed by atoms with Crippen LogP contribution in [-0.4, -0.2) is 17.5 Å². The van der Waals surface area contributed by atoms with Crippen LogP contribution in [0, 0.1) is 0 Å². The SMILES string of the molecule is C=C[C@@H]1CN1Cc1ccccc1. The lowest BCUT2D eigenvalue weighted by molar-refractivity contribution is 0.529. The first-order valence-electron chi connectivity index (χ1n) is 4.30. The van der Waals surface area contributed by atoms with Crippen molar-refractivity contribution in [1.82, 2.24) is 4.90 Å². The van der Waals surface area contributed by atoms with Crippen molar-refractivity contribution in [3.63, 3.8) is 0 Å². The van der Waals surface area contributed by atoms with E-state index in [2.05, 4.69) is 41.8 Å². The predicted molar refractivity (Wildman–Crippen MR) is 50.8 cm³/mol. The summed E-state index contributed by atoms with van der Waals surface area (Å²) in [5.41, 5.74) is 1.39. The van der Waals surface area contributed by atoms with E-state index in [1.165, 1.54) is 12.1 Å². The molecule has 1 aliphatic heterocycles. The van der Waals surface area contributed by atoms with Crippen molar-refractivity contribution in [3.05, 3.63) is 48.6 Å². The van der Waals surface area contributed by atoms with E-state index in [-0.39, 0.29) is 0 Å². The van der Waals surface area contributed by atoms with E-state index in [9.17, 15) is 0 Å². The highest BCUT2D eigenvalue weighted by molar-refractivity contribution is 5.16. The molecule has 62 valence electrons. The fourth-order valence-electron chi connectivity index (χ4n) is 1.42. The van der Waals surface area contributed by atoms with Gasteiger partial charge in [0.1, 0.15) is 0 Å². The first-order chi connectivity index (χ1) is 5.90. The first kappa shape index (κ1) is 7.56. The lowest BCUT2D eigenvalue weighted by Crippen LogP contribution is -1.99. The van der Waals surface area contributed by atoms with E-state index in [0.717, 1.165) is 6.54 Å². The third-order valence-electron chi connectivity index (χ3n) is 2.26. The third-order valence-corrected chi connectivity index (χ3v) is 2.26. The van der Waals surface area contributed by atoms with Crippen LogP contribution in [0.5, 0.6) is 0 Å². The van der Waals surface area contributed by atoms with Crippen molar-refractivity contribution in [2.45, 2.75) is 12.6 Å². The van der Waals surface area contributed by atoms with Crippen molar-refractivity contribution < 1.29 is 0 Å². The molecule has 0 aromatic heterocycles. The first-order valence-corrected chi connectivity index (χ1v) is 4.30. The van der Waals surface area contributed by atoms with Crippen LogP contribution in [0.3, 0.4) is 0 Å².